The molecule has 0 bridgehead atoms. The Hall–Kier alpha value is -0.330. The lowest BCUT2D eigenvalue weighted by molar-refractivity contribution is -0.124. The van der Waals surface area contributed by atoms with Crippen LogP contribution >= 0.6 is 24.8 Å². The molecule has 1 fully saturated rings. The van der Waals surface area contributed by atoms with Gasteiger partial charge in [0.15, 0.2) is 0 Å². The van der Waals surface area contributed by atoms with Crippen molar-refractivity contribution in [2.75, 3.05) is 33.4 Å². The average molecular weight is 314 g/mol. The third-order valence-electron chi connectivity index (χ3n) is 3.00. The van der Waals surface area contributed by atoms with Gasteiger partial charge in [0.25, 0.3) is 0 Å². The number of nitrogens with one attached hydrogen (secondary N) is 1. The van der Waals surface area contributed by atoms with Crippen molar-refractivity contribution >= 4 is 30.7 Å². The number of rotatable bonds is 6. The molecule has 0 radical (unpaired) electrons. The second-order valence-electron chi connectivity index (χ2n) is 4.43. The Morgan fingerprint density at radius 3 is 2.58 bits per heavy atom. The lowest BCUT2D eigenvalue weighted by Crippen LogP contribution is -2.50. The van der Waals surface area contributed by atoms with E-state index in [2.05, 4.69) is 16.8 Å². The molecule has 7 heteroatoms. The minimum Gasteiger partial charge on any atom is -0.383 e. The van der Waals surface area contributed by atoms with E-state index in [0.717, 1.165) is 32.5 Å². The highest BCUT2D eigenvalue weighted by Crippen LogP contribution is 2.10. The molecule has 1 unspecified atom stereocenters. The Morgan fingerprint density at radius 1 is 1.53 bits per heavy atom. The minimum absolute atomic E-state index is 0. The maximum Gasteiger partial charge on any atom is 0.239 e. The number of nitrogens with zero attached hydrogens (tertiary/aromatic N) is 1. The highest BCUT2D eigenvalue weighted by atomic mass is 35.5. The Bertz CT molecular complexity index is 259. The van der Waals surface area contributed by atoms with Gasteiger partial charge in [-0.3, -0.25) is 9.69 Å². The highest BCUT2D eigenvalue weighted by molar-refractivity contribution is 5.85. The van der Waals surface area contributed by atoms with E-state index in [1.165, 1.54) is 0 Å². The van der Waals surface area contributed by atoms with Gasteiger partial charge in [-0.15, -0.1) is 31.4 Å². The fraction of sp³-hybridized carbons (Fsp3) is 0.750. The maximum atomic E-state index is 11.7. The topological polar surface area (TPSA) is 67.6 Å². The number of nitrogens with two attached hydrogens (primary N) is 1. The van der Waals surface area contributed by atoms with Gasteiger partial charge in [0.1, 0.15) is 6.04 Å². The molecule has 114 valence electrons. The molecule has 0 aromatic rings. The second kappa shape index (κ2) is 11.5. The van der Waals surface area contributed by atoms with Gasteiger partial charge in [-0.05, 0) is 12.8 Å². The summed E-state index contributed by atoms with van der Waals surface area (Å²) in [4.78, 5) is 14.0. The zero-order valence-electron chi connectivity index (χ0n) is 11.3. The number of hydrogen-bond acceptors (Lipinski definition) is 4. The van der Waals surface area contributed by atoms with Crippen molar-refractivity contribution in [2.45, 2.75) is 24.9 Å². The first kappa shape index (κ1) is 21.0. The number of amides is 1. The van der Waals surface area contributed by atoms with Crippen LogP contribution in [0.2, 0.25) is 0 Å². The summed E-state index contributed by atoms with van der Waals surface area (Å²) in [6, 6.07) is -0.322. The van der Waals surface area contributed by atoms with Crippen LogP contribution in [0.3, 0.4) is 0 Å². The summed E-state index contributed by atoms with van der Waals surface area (Å²) >= 11 is 0. The molecule has 0 saturated carbocycles. The van der Waals surface area contributed by atoms with Gasteiger partial charge in [-0.2, -0.15) is 0 Å². The molecule has 0 spiro atoms. The Morgan fingerprint density at radius 2 is 2.11 bits per heavy atom. The van der Waals surface area contributed by atoms with Crippen LogP contribution in [0.1, 0.15) is 12.8 Å². The van der Waals surface area contributed by atoms with Crippen molar-refractivity contribution in [3.63, 3.8) is 0 Å². The molecule has 0 aromatic carbocycles. The molecule has 19 heavy (non-hydrogen) atoms. The molecular formula is C12H25Cl2N3O2. The first-order chi connectivity index (χ1) is 8.17. The molecule has 3 N–H and O–H groups in total. The number of halogens is 2. The number of methoxy groups -OCH3 is 1. The van der Waals surface area contributed by atoms with E-state index in [0.29, 0.717) is 0 Å². The van der Waals surface area contributed by atoms with Crippen LogP contribution in [-0.2, 0) is 9.53 Å². The van der Waals surface area contributed by atoms with Gasteiger partial charge in [0.05, 0.1) is 6.61 Å². The van der Waals surface area contributed by atoms with Gasteiger partial charge >= 0.3 is 0 Å². The van der Waals surface area contributed by atoms with E-state index < -0.39 is 6.04 Å². The van der Waals surface area contributed by atoms with E-state index in [9.17, 15) is 4.79 Å². The van der Waals surface area contributed by atoms with Crippen molar-refractivity contribution in [2.24, 2.45) is 5.73 Å². The van der Waals surface area contributed by atoms with Crippen molar-refractivity contribution < 1.29 is 9.53 Å². The number of piperidine rings is 1. The maximum absolute atomic E-state index is 11.7. The van der Waals surface area contributed by atoms with Gasteiger partial charge in [-0.1, -0.05) is 6.08 Å². The van der Waals surface area contributed by atoms with Crippen LogP contribution < -0.4 is 11.1 Å². The number of ether oxygens (including phenoxy) is 1. The van der Waals surface area contributed by atoms with Crippen LogP contribution in [0.25, 0.3) is 0 Å². The molecule has 1 amide bonds. The third-order valence-corrected chi connectivity index (χ3v) is 3.00. The predicted octanol–water partition coefficient (Wildman–Crippen LogP) is 0.570. The fourth-order valence-electron chi connectivity index (χ4n) is 2.01. The number of carbonyl (C=O) groups excluding carboxylic acids is 1. The first-order valence-electron chi connectivity index (χ1n) is 6.05. The van der Waals surface area contributed by atoms with Gasteiger partial charge < -0.3 is 15.8 Å². The lowest BCUT2D eigenvalue weighted by atomic mass is 10.0. The van der Waals surface area contributed by atoms with Crippen molar-refractivity contribution in [1.29, 1.82) is 0 Å². The average Bonchev–Trinajstić information content (AvgIpc) is 2.32. The summed E-state index contributed by atoms with van der Waals surface area (Å²) in [5.74, 6) is -0.117. The monoisotopic (exact) mass is 313 g/mol. The SMILES string of the molecule is C=CCN1CCC(NC(=O)C(N)COC)CC1.Cl.Cl. The molecule has 1 atom stereocenters. The largest absolute Gasteiger partial charge is 0.383 e. The summed E-state index contributed by atoms with van der Waals surface area (Å²) in [5, 5.41) is 2.97. The minimum atomic E-state index is -0.564. The van der Waals surface area contributed by atoms with E-state index >= 15 is 0 Å². The Balaban J connectivity index is 0. The standard InChI is InChI=1S/C12H23N3O2.2ClH/c1-3-6-15-7-4-10(5-8-15)14-12(16)11(13)9-17-2;;/h3,10-11H,1,4-9,13H2,2H3,(H,14,16);2*1H. The summed E-state index contributed by atoms with van der Waals surface area (Å²) in [5.41, 5.74) is 5.66. The van der Waals surface area contributed by atoms with Crippen LogP contribution in [0.15, 0.2) is 12.7 Å². The molecule has 1 aliphatic heterocycles. The first-order valence-corrected chi connectivity index (χ1v) is 6.05. The van der Waals surface area contributed by atoms with Crippen molar-refractivity contribution in [1.82, 2.24) is 10.2 Å². The molecule has 1 heterocycles. The van der Waals surface area contributed by atoms with Crippen LogP contribution in [0, 0.1) is 0 Å². The van der Waals surface area contributed by atoms with Crippen molar-refractivity contribution in [3.8, 4) is 0 Å². The van der Waals surface area contributed by atoms with Gasteiger partial charge in [0.2, 0.25) is 5.91 Å². The van der Waals surface area contributed by atoms with E-state index in [1.807, 2.05) is 6.08 Å². The van der Waals surface area contributed by atoms with E-state index in [4.69, 9.17) is 10.5 Å². The Kier molecular flexibility index (Phi) is 12.7. The normalized spacial score (nSPS) is 17.8. The van der Waals surface area contributed by atoms with Gasteiger partial charge in [0, 0.05) is 32.8 Å². The predicted molar refractivity (Wildman–Crippen MR) is 82.1 cm³/mol. The van der Waals surface area contributed by atoms with E-state index in [-0.39, 0.29) is 43.4 Å². The highest BCUT2D eigenvalue weighted by Gasteiger charge is 2.22. The molecule has 1 saturated heterocycles. The lowest BCUT2D eigenvalue weighted by Gasteiger charge is -2.32. The zero-order chi connectivity index (χ0) is 12.7. The molecule has 0 aliphatic carbocycles. The van der Waals surface area contributed by atoms with Crippen molar-refractivity contribution in [3.05, 3.63) is 12.7 Å². The smallest absolute Gasteiger partial charge is 0.239 e. The number of carbonyl (C=O) groups is 1. The summed E-state index contributed by atoms with van der Waals surface area (Å²) in [6.45, 7) is 6.90. The third kappa shape index (κ3) is 7.74. The summed E-state index contributed by atoms with van der Waals surface area (Å²) < 4.78 is 4.86. The summed E-state index contributed by atoms with van der Waals surface area (Å²) in [6.07, 6.45) is 3.85. The molecule has 0 aromatic heterocycles. The molecule has 1 rings (SSSR count). The number of likely N-dealkylation sites (tertiary alicyclic amines) is 1. The number of hydrogen-bond donors (Lipinski definition) is 2. The summed E-state index contributed by atoms with van der Waals surface area (Å²) in [7, 11) is 1.54. The molecular weight excluding hydrogens is 289 g/mol. The van der Waals surface area contributed by atoms with Crippen LogP contribution in [0.4, 0.5) is 0 Å². The van der Waals surface area contributed by atoms with Crippen LogP contribution in [0.5, 0.6) is 0 Å². The van der Waals surface area contributed by atoms with Crippen LogP contribution in [-0.4, -0.2) is 56.2 Å². The Labute approximate surface area is 127 Å². The van der Waals surface area contributed by atoms with E-state index in [1.54, 1.807) is 7.11 Å². The quantitative estimate of drug-likeness (QED) is 0.704. The van der Waals surface area contributed by atoms with Gasteiger partial charge in [-0.25, -0.2) is 0 Å². The second-order valence-corrected chi connectivity index (χ2v) is 4.43. The fourth-order valence-corrected chi connectivity index (χ4v) is 2.01. The molecule has 1 aliphatic rings. The zero-order valence-corrected chi connectivity index (χ0v) is 13.0. The molecule has 5 nitrogen and oxygen atoms in total.